The van der Waals surface area contributed by atoms with Crippen LogP contribution in [0, 0.1) is 6.92 Å². The highest BCUT2D eigenvalue weighted by atomic mass is 16.5. The number of ether oxygens (including phenoxy) is 1. The minimum absolute atomic E-state index is 0.548. The number of guanidine groups is 1. The first-order valence-electron chi connectivity index (χ1n) is 9.93. The molecule has 6 heteroatoms. The molecule has 2 N–H and O–H groups in total. The van der Waals surface area contributed by atoms with Gasteiger partial charge in [-0.1, -0.05) is 18.2 Å². The van der Waals surface area contributed by atoms with E-state index in [9.17, 15) is 0 Å². The van der Waals surface area contributed by atoms with E-state index in [0.717, 1.165) is 55.6 Å². The Morgan fingerprint density at radius 3 is 3.04 bits per heavy atom. The topological polar surface area (TPSA) is 63.0 Å². The van der Waals surface area contributed by atoms with Crippen molar-refractivity contribution < 1.29 is 4.74 Å². The molecule has 4 rings (SSSR count). The van der Waals surface area contributed by atoms with Crippen LogP contribution in [0.1, 0.15) is 29.4 Å². The molecule has 6 nitrogen and oxygen atoms in total. The van der Waals surface area contributed by atoms with Gasteiger partial charge in [0.15, 0.2) is 5.96 Å². The average Bonchev–Trinajstić information content (AvgIpc) is 3.33. The number of fused-ring (bicyclic) bond motifs is 2. The van der Waals surface area contributed by atoms with E-state index in [2.05, 4.69) is 64.3 Å². The van der Waals surface area contributed by atoms with Crippen LogP contribution in [0.2, 0.25) is 0 Å². The van der Waals surface area contributed by atoms with Gasteiger partial charge in [0, 0.05) is 31.4 Å². The third kappa shape index (κ3) is 4.11. The van der Waals surface area contributed by atoms with Gasteiger partial charge in [0.2, 0.25) is 0 Å². The van der Waals surface area contributed by atoms with Crippen molar-refractivity contribution in [2.75, 3.05) is 19.7 Å². The maximum Gasteiger partial charge on any atom is 0.191 e. The maximum absolute atomic E-state index is 5.58. The molecule has 146 valence electrons. The number of hydrogen-bond acceptors (Lipinski definition) is 3. The van der Waals surface area contributed by atoms with Crippen LogP contribution >= 0.6 is 0 Å². The predicted octanol–water partition coefficient (Wildman–Crippen LogP) is 2.88. The fourth-order valence-corrected chi connectivity index (χ4v) is 3.50. The van der Waals surface area contributed by atoms with E-state index in [-0.39, 0.29) is 0 Å². The zero-order valence-electron chi connectivity index (χ0n) is 16.5. The van der Waals surface area contributed by atoms with Crippen LogP contribution in [0.3, 0.4) is 0 Å². The van der Waals surface area contributed by atoms with E-state index < -0.39 is 0 Å². The number of hydrogen-bond donors (Lipinski definition) is 2. The zero-order valence-corrected chi connectivity index (χ0v) is 16.5. The third-order valence-corrected chi connectivity index (χ3v) is 4.95. The number of aromatic nitrogens is 2. The molecular weight excluding hydrogens is 350 g/mol. The summed E-state index contributed by atoms with van der Waals surface area (Å²) in [5.41, 5.74) is 5.74. The second-order valence-electron chi connectivity index (χ2n) is 7.04. The van der Waals surface area contributed by atoms with Crippen molar-refractivity contribution in [3.05, 3.63) is 65.1 Å². The van der Waals surface area contributed by atoms with Crippen LogP contribution in [-0.2, 0) is 19.4 Å². The quantitative estimate of drug-likeness (QED) is 0.512. The fraction of sp³-hybridized carbons (Fsp3) is 0.364. The molecule has 0 atom stereocenters. The molecule has 0 saturated carbocycles. The van der Waals surface area contributed by atoms with Crippen LogP contribution < -0.4 is 15.4 Å². The van der Waals surface area contributed by atoms with Crippen molar-refractivity contribution in [2.24, 2.45) is 4.99 Å². The summed E-state index contributed by atoms with van der Waals surface area (Å²) in [6, 6.07) is 12.6. The lowest BCUT2D eigenvalue weighted by Crippen LogP contribution is -2.38. The molecule has 28 heavy (non-hydrogen) atoms. The molecule has 0 spiro atoms. The summed E-state index contributed by atoms with van der Waals surface area (Å²) in [6.45, 7) is 7.16. The van der Waals surface area contributed by atoms with Crippen LogP contribution in [0.5, 0.6) is 5.75 Å². The third-order valence-electron chi connectivity index (χ3n) is 4.95. The first-order chi connectivity index (χ1) is 13.7. The minimum atomic E-state index is 0.548. The van der Waals surface area contributed by atoms with Gasteiger partial charge in [-0.05, 0) is 49.6 Å². The molecule has 0 fully saturated rings. The van der Waals surface area contributed by atoms with Crippen molar-refractivity contribution in [1.29, 1.82) is 0 Å². The number of aliphatic imine (C=N–C) groups is 1. The molecule has 3 heterocycles. The van der Waals surface area contributed by atoms with E-state index in [1.165, 1.54) is 16.8 Å². The lowest BCUT2D eigenvalue weighted by Gasteiger charge is -2.11. The number of rotatable bonds is 6. The summed E-state index contributed by atoms with van der Waals surface area (Å²) in [4.78, 5) is 9.35. The van der Waals surface area contributed by atoms with Crippen molar-refractivity contribution in [3.63, 3.8) is 0 Å². The minimum Gasteiger partial charge on any atom is -0.493 e. The van der Waals surface area contributed by atoms with Crippen molar-refractivity contribution in [2.45, 2.75) is 33.2 Å². The Morgan fingerprint density at radius 2 is 2.18 bits per heavy atom. The number of imidazole rings is 1. The van der Waals surface area contributed by atoms with Gasteiger partial charge in [0.05, 0.1) is 18.8 Å². The van der Waals surface area contributed by atoms with E-state index in [1.807, 2.05) is 12.1 Å². The highest BCUT2D eigenvalue weighted by molar-refractivity contribution is 5.79. The first-order valence-corrected chi connectivity index (χ1v) is 9.93. The Hall–Kier alpha value is -3.02. The smallest absolute Gasteiger partial charge is 0.191 e. The normalized spacial score (nSPS) is 13.4. The highest BCUT2D eigenvalue weighted by Crippen LogP contribution is 2.25. The molecule has 0 aliphatic carbocycles. The molecule has 0 amide bonds. The Bertz CT molecular complexity index is 992. The average molecular weight is 377 g/mol. The second-order valence-corrected chi connectivity index (χ2v) is 7.04. The Kier molecular flexibility index (Phi) is 5.46. The van der Waals surface area contributed by atoms with Crippen LogP contribution in [0.4, 0.5) is 0 Å². The molecule has 0 saturated heterocycles. The van der Waals surface area contributed by atoms with E-state index >= 15 is 0 Å². The van der Waals surface area contributed by atoms with Gasteiger partial charge in [-0.2, -0.15) is 0 Å². The Balaban J connectivity index is 1.36. The van der Waals surface area contributed by atoms with Gasteiger partial charge < -0.3 is 19.8 Å². The molecule has 2 aromatic heterocycles. The molecular formula is C22H27N5O. The molecule has 1 aliphatic heterocycles. The molecule has 0 radical (unpaired) electrons. The SMILES string of the molecule is CCNC(=NCc1cn2c(C)cccc2n1)NCCc1ccc2c(c1)CCO2. The molecule has 0 unspecified atom stereocenters. The van der Waals surface area contributed by atoms with Crippen molar-refractivity contribution in [3.8, 4) is 5.75 Å². The van der Waals surface area contributed by atoms with Gasteiger partial charge >= 0.3 is 0 Å². The summed E-state index contributed by atoms with van der Waals surface area (Å²) in [5.74, 6) is 1.86. The summed E-state index contributed by atoms with van der Waals surface area (Å²) >= 11 is 0. The Labute approximate surface area is 165 Å². The second kappa shape index (κ2) is 8.33. The lowest BCUT2D eigenvalue weighted by atomic mass is 10.1. The summed E-state index contributed by atoms with van der Waals surface area (Å²) in [7, 11) is 0. The van der Waals surface area contributed by atoms with Gasteiger partial charge in [-0.3, -0.25) is 0 Å². The number of pyridine rings is 1. The van der Waals surface area contributed by atoms with Gasteiger partial charge in [0.1, 0.15) is 11.4 Å². The molecule has 1 aliphatic rings. The zero-order chi connectivity index (χ0) is 19.3. The van der Waals surface area contributed by atoms with Crippen LogP contribution in [0.15, 0.2) is 47.6 Å². The number of nitrogens with one attached hydrogen (secondary N) is 2. The predicted molar refractivity (Wildman–Crippen MR) is 112 cm³/mol. The van der Waals surface area contributed by atoms with E-state index in [0.29, 0.717) is 6.54 Å². The summed E-state index contributed by atoms with van der Waals surface area (Å²) < 4.78 is 7.68. The largest absolute Gasteiger partial charge is 0.493 e. The fourth-order valence-electron chi connectivity index (χ4n) is 3.50. The number of nitrogens with zero attached hydrogens (tertiary/aromatic N) is 3. The lowest BCUT2D eigenvalue weighted by molar-refractivity contribution is 0.357. The Morgan fingerprint density at radius 1 is 1.25 bits per heavy atom. The summed E-state index contributed by atoms with van der Waals surface area (Å²) in [5, 5.41) is 6.74. The molecule has 3 aromatic rings. The number of benzene rings is 1. The standard InChI is InChI=1S/C22H27N5O/c1-3-23-22(24-11-9-17-7-8-20-18(13-17)10-12-28-20)25-14-19-15-27-16(2)5-4-6-21(27)26-19/h4-8,13,15H,3,9-12,14H2,1-2H3,(H2,23,24,25). The molecule has 1 aromatic carbocycles. The van der Waals surface area contributed by atoms with E-state index in [1.54, 1.807) is 0 Å². The molecule has 0 bridgehead atoms. The number of aryl methyl sites for hydroxylation is 1. The maximum atomic E-state index is 5.58. The van der Waals surface area contributed by atoms with Gasteiger partial charge in [-0.15, -0.1) is 0 Å². The van der Waals surface area contributed by atoms with E-state index in [4.69, 9.17) is 9.73 Å². The van der Waals surface area contributed by atoms with Gasteiger partial charge in [0.25, 0.3) is 0 Å². The van der Waals surface area contributed by atoms with Crippen molar-refractivity contribution in [1.82, 2.24) is 20.0 Å². The monoisotopic (exact) mass is 377 g/mol. The van der Waals surface area contributed by atoms with Gasteiger partial charge in [-0.25, -0.2) is 9.98 Å². The van der Waals surface area contributed by atoms with Crippen LogP contribution in [0.25, 0.3) is 5.65 Å². The highest BCUT2D eigenvalue weighted by Gasteiger charge is 2.11. The summed E-state index contributed by atoms with van der Waals surface area (Å²) in [6.07, 6.45) is 4.02. The first kappa shape index (κ1) is 18.3. The van der Waals surface area contributed by atoms with Crippen LogP contribution in [-0.4, -0.2) is 35.0 Å². The van der Waals surface area contributed by atoms with Crippen molar-refractivity contribution >= 4 is 11.6 Å².